The van der Waals surface area contributed by atoms with Crippen molar-refractivity contribution in [2.75, 3.05) is 7.11 Å². The first kappa shape index (κ1) is 13.5. The average molecular weight is 302 g/mol. The number of benzene rings is 1. The fourth-order valence-electron chi connectivity index (χ4n) is 2.01. The smallest absolute Gasteiger partial charge is 0.213 e. The highest BCUT2D eigenvalue weighted by atomic mass is 35.5. The van der Waals surface area contributed by atoms with Crippen LogP contribution in [0.25, 0.3) is 16.9 Å². The third kappa shape index (κ3) is 2.68. The number of phenols is 1. The molecule has 0 radical (unpaired) electrons. The first-order chi connectivity index (χ1) is 10.2. The van der Waals surface area contributed by atoms with Gasteiger partial charge in [0, 0.05) is 17.7 Å². The second-order valence-corrected chi connectivity index (χ2v) is 4.76. The number of aromatic hydroxyl groups is 1. The Bertz CT molecular complexity index is 752. The maximum atomic E-state index is 9.38. The van der Waals surface area contributed by atoms with E-state index in [9.17, 15) is 5.11 Å². The van der Waals surface area contributed by atoms with Crippen LogP contribution in [-0.2, 0) is 0 Å². The number of halogens is 1. The van der Waals surface area contributed by atoms with Crippen molar-refractivity contribution >= 4 is 11.6 Å². The van der Waals surface area contributed by atoms with Crippen LogP contribution in [-0.4, -0.2) is 27.0 Å². The summed E-state index contributed by atoms with van der Waals surface area (Å²) in [5.74, 6) is 0.741. The van der Waals surface area contributed by atoms with E-state index in [1.54, 1.807) is 54.4 Å². The SMILES string of the molecule is COc1ccc(-n2nc(Cl)cc2-c2ccc(O)cc2)cn1. The molecule has 2 aromatic heterocycles. The molecule has 0 amide bonds. The number of methoxy groups -OCH3 is 1. The molecule has 3 aromatic rings. The van der Waals surface area contributed by atoms with Crippen LogP contribution in [0, 0.1) is 0 Å². The summed E-state index contributed by atoms with van der Waals surface area (Å²) < 4.78 is 6.74. The summed E-state index contributed by atoms with van der Waals surface area (Å²) >= 11 is 6.03. The molecule has 0 aliphatic heterocycles. The van der Waals surface area contributed by atoms with Gasteiger partial charge in [-0.05, 0) is 30.3 Å². The van der Waals surface area contributed by atoms with Crippen molar-refractivity contribution in [3.8, 4) is 28.6 Å². The lowest BCUT2D eigenvalue weighted by molar-refractivity contribution is 0.397. The molecule has 0 saturated heterocycles. The van der Waals surface area contributed by atoms with Crippen LogP contribution in [0.2, 0.25) is 5.15 Å². The van der Waals surface area contributed by atoms with Gasteiger partial charge in [-0.2, -0.15) is 5.10 Å². The molecular formula is C15H12ClN3O2. The van der Waals surface area contributed by atoms with Crippen molar-refractivity contribution in [2.45, 2.75) is 0 Å². The zero-order valence-electron chi connectivity index (χ0n) is 11.2. The maximum Gasteiger partial charge on any atom is 0.213 e. The van der Waals surface area contributed by atoms with Gasteiger partial charge in [0.05, 0.1) is 24.7 Å². The van der Waals surface area contributed by atoms with Crippen LogP contribution in [0.4, 0.5) is 0 Å². The molecule has 1 aromatic carbocycles. The number of hydrogen-bond donors (Lipinski definition) is 1. The van der Waals surface area contributed by atoms with Gasteiger partial charge >= 0.3 is 0 Å². The average Bonchev–Trinajstić information content (AvgIpc) is 2.90. The van der Waals surface area contributed by atoms with Gasteiger partial charge in [0.15, 0.2) is 5.15 Å². The van der Waals surface area contributed by atoms with Gasteiger partial charge in [0.2, 0.25) is 5.88 Å². The number of hydrogen-bond acceptors (Lipinski definition) is 4. The van der Waals surface area contributed by atoms with E-state index in [0.717, 1.165) is 16.9 Å². The lowest BCUT2D eigenvalue weighted by Gasteiger charge is -2.08. The second-order valence-electron chi connectivity index (χ2n) is 4.37. The predicted octanol–water partition coefficient (Wildman–Crippen LogP) is 3.30. The minimum atomic E-state index is 0.210. The van der Waals surface area contributed by atoms with Gasteiger partial charge in [0.1, 0.15) is 5.75 Å². The molecule has 0 saturated carbocycles. The summed E-state index contributed by atoms with van der Waals surface area (Å²) in [5.41, 5.74) is 2.47. The van der Waals surface area contributed by atoms with E-state index >= 15 is 0 Å². The molecule has 0 unspecified atom stereocenters. The van der Waals surface area contributed by atoms with E-state index in [-0.39, 0.29) is 5.75 Å². The van der Waals surface area contributed by atoms with Crippen LogP contribution in [0.3, 0.4) is 0 Å². The molecule has 106 valence electrons. The normalized spacial score (nSPS) is 10.6. The van der Waals surface area contributed by atoms with E-state index < -0.39 is 0 Å². The Balaban J connectivity index is 2.08. The lowest BCUT2D eigenvalue weighted by atomic mass is 10.1. The number of pyridine rings is 1. The first-order valence-electron chi connectivity index (χ1n) is 6.23. The van der Waals surface area contributed by atoms with Crippen LogP contribution in [0.1, 0.15) is 0 Å². The van der Waals surface area contributed by atoms with Crippen LogP contribution in [0.5, 0.6) is 11.6 Å². The van der Waals surface area contributed by atoms with Gasteiger partial charge in [-0.3, -0.25) is 0 Å². The van der Waals surface area contributed by atoms with Gasteiger partial charge in [-0.15, -0.1) is 0 Å². The minimum absolute atomic E-state index is 0.210. The molecule has 21 heavy (non-hydrogen) atoms. The van der Waals surface area contributed by atoms with E-state index in [1.807, 2.05) is 6.07 Å². The predicted molar refractivity (Wildman–Crippen MR) is 80.0 cm³/mol. The van der Waals surface area contributed by atoms with Crippen molar-refractivity contribution in [1.82, 2.24) is 14.8 Å². The van der Waals surface area contributed by atoms with Crippen molar-refractivity contribution in [2.24, 2.45) is 0 Å². The van der Waals surface area contributed by atoms with Crippen LogP contribution >= 0.6 is 11.6 Å². The second kappa shape index (κ2) is 5.46. The number of ether oxygens (including phenoxy) is 1. The largest absolute Gasteiger partial charge is 0.508 e. The fraction of sp³-hybridized carbons (Fsp3) is 0.0667. The molecule has 3 rings (SSSR count). The summed E-state index contributed by atoms with van der Waals surface area (Å²) in [5, 5.41) is 14.0. The molecule has 1 N–H and O–H groups in total. The van der Waals surface area contributed by atoms with Crippen molar-refractivity contribution in [1.29, 1.82) is 0 Å². The molecule has 2 heterocycles. The quantitative estimate of drug-likeness (QED) is 0.806. The van der Waals surface area contributed by atoms with Gasteiger partial charge in [0.25, 0.3) is 0 Å². The first-order valence-corrected chi connectivity index (χ1v) is 6.60. The lowest BCUT2D eigenvalue weighted by Crippen LogP contribution is -2.00. The Morgan fingerprint density at radius 1 is 1.14 bits per heavy atom. The summed E-state index contributed by atoms with van der Waals surface area (Å²) in [4.78, 5) is 4.17. The number of phenolic OH excluding ortho intramolecular Hbond substituents is 1. The molecule has 0 fully saturated rings. The molecule has 0 aliphatic carbocycles. The Labute approximate surface area is 126 Å². The fourth-order valence-corrected chi connectivity index (χ4v) is 2.18. The van der Waals surface area contributed by atoms with E-state index in [0.29, 0.717) is 11.0 Å². The maximum absolute atomic E-state index is 9.38. The van der Waals surface area contributed by atoms with E-state index in [4.69, 9.17) is 16.3 Å². The third-order valence-electron chi connectivity index (χ3n) is 3.02. The summed E-state index contributed by atoms with van der Waals surface area (Å²) in [6, 6.07) is 12.2. The van der Waals surface area contributed by atoms with Crippen molar-refractivity contribution in [3.63, 3.8) is 0 Å². The Morgan fingerprint density at radius 3 is 2.52 bits per heavy atom. The molecule has 5 nitrogen and oxygen atoms in total. The molecule has 0 atom stereocenters. The molecule has 6 heteroatoms. The number of rotatable bonds is 3. The van der Waals surface area contributed by atoms with Gasteiger partial charge in [-0.25, -0.2) is 9.67 Å². The number of aromatic nitrogens is 3. The van der Waals surface area contributed by atoms with Gasteiger partial charge < -0.3 is 9.84 Å². The van der Waals surface area contributed by atoms with Crippen molar-refractivity contribution in [3.05, 3.63) is 53.8 Å². The topological polar surface area (TPSA) is 60.2 Å². The van der Waals surface area contributed by atoms with Crippen molar-refractivity contribution < 1.29 is 9.84 Å². The Morgan fingerprint density at radius 2 is 1.90 bits per heavy atom. The molecule has 0 aliphatic rings. The van der Waals surface area contributed by atoms with Crippen LogP contribution in [0.15, 0.2) is 48.7 Å². The molecule has 0 spiro atoms. The zero-order valence-corrected chi connectivity index (χ0v) is 11.9. The highest BCUT2D eigenvalue weighted by molar-refractivity contribution is 6.29. The van der Waals surface area contributed by atoms with E-state index in [1.165, 1.54) is 0 Å². The van der Waals surface area contributed by atoms with E-state index in [2.05, 4.69) is 10.1 Å². The Kier molecular flexibility index (Phi) is 3.50. The third-order valence-corrected chi connectivity index (χ3v) is 3.20. The summed E-state index contributed by atoms with van der Waals surface area (Å²) in [6.07, 6.45) is 1.66. The highest BCUT2D eigenvalue weighted by Crippen LogP contribution is 2.27. The molecule has 0 bridgehead atoms. The number of nitrogens with zero attached hydrogens (tertiary/aromatic N) is 3. The summed E-state index contributed by atoms with van der Waals surface area (Å²) in [6.45, 7) is 0. The van der Waals surface area contributed by atoms with Crippen LogP contribution < -0.4 is 4.74 Å². The minimum Gasteiger partial charge on any atom is -0.508 e. The van der Waals surface area contributed by atoms with Gasteiger partial charge in [-0.1, -0.05) is 11.6 Å². The highest BCUT2D eigenvalue weighted by Gasteiger charge is 2.11. The Hall–Kier alpha value is -2.53. The summed E-state index contributed by atoms with van der Waals surface area (Å²) in [7, 11) is 1.56. The zero-order chi connectivity index (χ0) is 14.8. The standard InChI is InChI=1S/C15H12ClN3O2/c1-21-15-7-4-11(9-17-15)19-13(8-14(16)18-19)10-2-5-12(20)6-3-10/h2-9,20H,1H3. The monoisotopic (exact) mass is 301 g/mol. The molecular weight excluding hydrogens is 290 g/mol.